The molecule has 0 rings (SSSR count). The second-order valence-corrected chi connectivity index (χ2v) is 2.82. The number of carbonyl (C=O) groups excluding carboxylic acids is 2. The number of amides is 2. The SMILES string of the molecule is [2H]OC(=O)C[C@H](N)C(=O)N[C@@H](C)C(N)=O. The maximum absolute atomic E-state index is 11.2. The van der Waals surface area contributed by atoms with E-state index in [4.69, 9.17) is 12.9 Å². The van der Waals surface area contributed by atoms with Crippen molar-refractivity contribution in [3.63, 3.8) is 0 Å². The summed E-state index contributed by atoms with van der Waals surface area (Å²) in [5.74, 6) is -2.34. The van der Waals surface area contributed by atoms with Crippen LogP contribution in [0.1, 0.15) is 13.3 Å². The Morgan fingerprint density at radius 3 is 2.57 bits per heavy atom. The van der Waals surface area contributed by atoms with Gasteiger partial charge in [0.05, 0.1) is 12.5 Å². The highest BCUT2D eigenvalue weighted by Gasteiger charge is 2.20. The minimum Gasteiger partial charge on any atom is -0.481 e. The van der Waals surface area contributed by atoms with E-state index >= 15 is 0 Å². The number of hydrogen-bond donors (Lipinski definition) is 4. The number of nitrogens with one attached hydrogen (secondary N) is 1. The van der Waals surface area contributed by atoms with Gasteiger partial charge in [-0.05, 0) is 6.92 Å². The van der Waals surface area contributed by atoms with Crippen LogP contribution in [0.2, 0.25) is 0 Å². The van der Waals surface area contributed by atoms with Crippen molar-refractivity contribution in [2.75, 3.05) is 0 Å². The zero-order valence-electron chi connectivity index (χ0n) is 8.65. The third kappa shape index (κ3) is 4.41. The van der Waals surface area contributed by atoms with Gasteiger partial charge >= 0.3 is 5.97 Å². The summed E-state index contributed by atoms with van der Waals surface area (Å²) in [5, 5.41) is 5.78. The van der Waals surface area contributed by atoms with Gasteiger partial charge in [-0.15, -0.1) is 0 Å². The van der Waals surface area contributed by atoms with Crippen LogP contribution in [-0.2, 0) is 14.4 Å². The number of hydrogen-bond acceptors (Lipinski definition) is 5. The van der Waals surface area contributed by atoms with Gasteiger partial charge in [-0.2, -0.15) is 0 Å². The molecular weight excluding hydrogens is 190 g/mol. The Morgan fingerprint density at radius 1 is 1.57 bits per heavy atom. The summed E-state index contributed by atoms with van der Waals surface area (Å²) in [6, 6.07) is -2.03. The van der Waals surface area contributed by atoms with Crippen LogP contribution in [0.3, 0.4) is 0 Å². The molecular formula is C7H13N3O4. The molecule has 6 N–H and O–H groups in total. The van der Waals surface area contributed by atoms with Crippen molar-refractivity contribution in [3.05, 3.63) is 0 Å². The summed E-state index contributed by atoms with van der Waals surface area (Å²) < 4.78 is 6.24. The maximum atomic E-state index is 11.2. The number of carboxylic acids is 1. The van der Waals surface area contributed by atoms with Crippen LogP contribution in [0, 0.1) is 0 Å². The van der Waals surface area contributed by atoms with Crippen molar-refractivity contribution >= 4 is 17.8 Å². The number of carboxylic acid groups (broad SMARTS) is 1. The molecule has 80 valence electrons. The molecule has 0 aliphatic rings. The largest absolute Gasteiger partial charge is 0.481 e. The zero-order valence-corrected chi connectivity index (χ0v) is 7.65. The van der Waals surface area contributed by atoms with Gasteiger partial charge in [-0.1, -0.05) is 0 Å². The predicted octanol–water partition coefficient (Wildman–Crippen LogP) is -2.22. The smallest absolute Gasteiger partial charge is 0.305 e. The van der Waals surface area contributed by atoms with E-state index in [1.54, 1.807) is 0 Å². The fraction of sp³-hybridized carbons (Fsp3) is 0.571. The fourth-order valence-electron chi connectivity index (χ4n) is 0.664. The highest BCUT2D eigenvalue weighted by atomic mass is 16.4. The first-order chi connectivity index (χ1) is 6.88. The third-order valence-corrected chi connectivity index (χ3v) is 1.51. The summed E-state index contributed by atoms with van der Waals surface area (Å²) >= 11 is 0. The van der Waals surface area contributed by atoms with Gasteiger partial charge in [-0.3, -0.25) is 14.4 Å². The van der Waals surface area contributed by atoms with Crippen LogP contribution in [0.4, 0.5) is 0 Å². The van der Waals surface area contributed by atoms with E-state index in [0.717, 1.165) is 0 Å². The van der Waals surface area contributed by atoms with Gasteiger partial charge in [0.1, 0.15) is 6.04 Å². The topological polar surface area (TPSA) is 136 Å². The average Bonchev–Trinajstić information content (AvgIpc) is 2.16. The van der Waals surface area contributed by atoms with Crippen LogP contribution in [0.15, 0.2) is 0 Å². The summed E-state index contributed by atoms with van der Waals surface area (Å²) in [7, 11) is 0. The second kappa shape index (κ2) is 5.18. The lowest BCUT2D eigenvalue weighted by atomic mass is 10.2. The minimum atomic E-state index is -1.16. The molecule has 0 fully saturated rings. The van der Waals surface area contributed by atoms with E-state index in [-0.39, 0.29) is 0 Å². The summed E-state index contributed by atoms with van der Waals surface area (Å²) in [5.41, 5.74) is 10.2. The lowest BCUT2D eigenvalue weighted by molar-refractivity contribution is -0.139. The standard InChI is InChI=1S/C7H13N3O4/c1-3(6(9)13)10-7(14)4(8)2-5(11)12/h3-4H,2,8H2,1H3,(H2,9,13)(H,10,14)(H,11,12)/t3-,4-/m0/s1/i/hD. The number of primary amides is 1. The molecule has 14 heavy (non-hydrogen) atoms. The van der Waals surface area contributed by atoms with E-state index in [0.29, 0.717) is 0 Å². The first-order valence-corrected chi connectivity index (χ1v) is 3.89. The van der Waals surface area contributed by atoms with Gasteiger partial charge in [0, 0.05) is 0 Å². The van der Waals surface area contributed by atoms with Crippen molar-refractivity contribution < 1.29 is 19.5 Å². The molecule has 0 aromatic carbocycles. The Balaban J connectivity index is 4.10. The number of rotatable bonds is 5. The lowest BCUT2D eigenvalue weighted by Crippen LogP contribution is -2.49. The van der Waals surface area contributed by atoms with E-state index in [2.05, 4.69) is 10.4 Å². The zero-order chi connectivity index (χ0) is 12.0. The van der Waals surface area contributed by atoms with Crippen LogP contribution in [0.5, 0.6) is 0 Å². The molecule has 0 bridgehead atoms. The summed E-state index contributed by atoms with van der Waals surface area (Å²) in [4.78, 5) is 32.4. The van der Waals surface area contributed by atoms with Crippen molar-refractivity contribution in [1.29, 1.82) is 1.43 Å². The molecule has 0 aliphatic heterocycles. The third-order valence-electron chi connectivity index (χ3n) is 1.51. The van der Waals surface area contributed by atoms with Crippen LogP contribution in [0.25, 0.3) is 1.43 Å². The summed E-state index contributed by atoms with van der Waals surface area (Å²) in [6.07, 6.45) is -0.430. The molecule has 0 aliphatic carbocycles. The highest BCUT2D eigenvalue weighted by molar-refractivity contribution is 5.90. The number of aliphatic carboxylic acids is 1. The average molecular weight is 204 g/mol. The first kappa shape index (κ1) is 10.5. The number of nitrogens with two attached hydrogens (primary N) is 2. The first-order valence-electron chi connectivity index (χ1n) is 4.30. The van der Waals surface area contributed by atoms with Gasteiger partial charge in [0.25, 0.3) is 1.43 Å². The highest BCUT2D eigenvalue weighted by Crippen LogP contribution is 1.90. The van der Waals surface area contributed by atoms with E-state index in [1.165, 1.54) is 6.92 Å². The van der Waals surface area contributed by atoms with Crippen molar-refractivity contribution in [3.8, 4) is 0 Å². The quantitative estimate of drug-likeness (QED) is 0.402. The molecule has 0 aromatic rings. The number of carbonyl (C=O) groups is 3. The van der Waals surface area contributed by atoms with Crippen molar-refractivity contribution in [1.82, 2.24) is 5.32 Å². The molecule has 7 heteroatoms. The van der Waals surface area contributed by atoms with Crippen LogP contribution >= 0.6 is 0 Å². The second-order valence-electron chi connectivity index (χ2n) is 2.82. The van der Waals surface area contributed by atoms with Gasteiger partial charge in [0.15, 0.2) is 0 Å². The Labute approximate surface area is 81.9 Å². The molecule has 0 saturated heterocycles. The summed E-state index contributed by atoms with van der Waals surface area (Å²) in [6.45, 7) is 1.38. The molecule has 0 heterocycles. The predicted molar refractivity (Wildman–Crippen MR) is 47.0 cm³/mol. The van der Waals surface area contributed by atoms with Gasteiger partial charge in [0.2, 0.25) is 11.8 Å². The van der Waals surface area contributed by atoms with Gasteiger partial charge < -0.3 is 21.9 Å². The van der Waals surface area contributed by atoms with Crippen molar-refractivity contribution in [2.24, 2.45) is 11.5 Å². The van der Waals surface area contributed by atoms with E-state index in [9.17, 15) is 14.4 Å². The molecule has 0 unspecified atom stereocenters. The fourth-order valence-corrected chi connectivity index (χ4v) is 0.664. The molecule has 2 atom stereocenters. The molecule has 0 spiro atoms. The lowest BCUT2D eigenvalue weighted by Gasteiger charge is -2.13. The van der Waals surface area contributed by atoms with Crippen molar-refractivity contribution in [2.45, 2.75) is 25.4 Å². The molecule has 7 nitrogen and oxygen atoms in total. The van der Waals surface area contributed by atoms with Crippen LogP contribution in [-0.4, -0.2) is 35.0 Å². The molecule has 0 aromatic heterocycles. The van der Waals surface area contributed by atoms with Crippen LogP contribution < -0.4 is 16.8 Å². The van der Waals surface area contributed by atoms with E-state index in [1.807, 2.05) is 0 Å². The Hall–Kier alpha value is -1.63. The van der Waals surface area contributed by atoms with E-state index < -0.39 is 36.3 Å². The monoisotopic (exact) mass is 204 g/mol. The van der Waals surface area contributed by atoms with Gasteiger partial charge in [-0.25, -0.2) is 0 Å². The Bertz CT molecular complexity index is 271. The molecule has 0 saturated carbocycles. The Kier molecular flexibility index (Phi) is 3.86. The molecule has 2 amide bonds. The normalized spacial score (nSPS) is 14.9. The molecule has 0 radical (unpaired) electrons. The minimum absolute atomic E-state index is 0.430. The maximum Gasteiger partial charge on any atom is 0.305 e. The Morgan fingerprint density at radius 2 is 2.14 bits per heavy atom.